The monoisotopic (exact) mass is 252 g/mol. The number of nitrogens with one attached hydrogen (secondary N) is 1. The summed E-state index contributed by atoms with van der Waals surface area (Å²) < 4.78 is 0. The Labute approximate surface area is 106 Å². The minimum Gasteiger partial charge on any atom is -0.376 e. The fourth-order valence-corrected chi connectivity index (χ4v) is 4.22. The molecule has 2 spiro atoms. The number of amides is 1. The molecular weight excluding hydrogens is 232 g/mol. The van der Waals surface area contributed by atoms with E-state index in [1.165, 1.54) is 6.42 Å². The highest BCUT2D eigenvalue weighted by molar-refractivity contribution is 5.89. The third-order valence-electron chi connectivity index (χ3n) is 5.28. The molecule has 4 fully saturated rings. The maximum absolute atomic E-state index is 12.4. The zero-order valence-electron chi connectivity index (χ0n) is 10.6. The molecule has 2 saturated carbocycles. The summed E-state index contributed by atoms with van der Waals surface area (Å²) in [5.74, 6) is -0.210. The van der Waals surface area contributed by atoms with Gasteiger partial charge < -0.3 is 10.4 Å². The van der Waals surface area contributed by atoms with Gasteiger partial charge in [-0.1, -0.05) is 6.42 Å². The van der Waals surface area contributed by atoms with Crippen LogP contribution >= 0.6 is 0 Å². The van der Waals surface area contributed by atoms with Crippen molar-refractivity contribution in [3.63, 3.8) is 0 Å². The number of carbonyl (C=O) groups excluding carboxylic acids is 1. The van der Waals surface area contributed by atoms with E-state index in [-0.39, 0.29) is 11.6 Å². The largest absolute Gasteiger partial charge is 0.376 e. The minimum atomic E-state index is -1.33. The molecule has 1 amide bonds. The van der Waals surface area contributed by atoms with Crippen molar-refractivity contribution in [3.05, 3.63) is 0 Å². The molecule has 2 aliphatic heterocycles. The fraction of sp³-hybridized carbons (Fsp3) is 0.923. The van der Waals surface area contributed by atoms with Crippen molar-refractivity contribution in [1.29, 1.82) is 0 Å². The molecule has 0 bridgehead atoms. The van der Waals surface area contributed by atoms with Crippen molar-refractivity contribution in [3.8, 4) is 0 Å². The highest BCUT2D eigenvalue weighted by atomic mass is 16.9. The summed E-state index contributed by atoms with van der Waals surface area (Å²) >= 11 is 0. The Morgan fingerprint density at radius 3 is 2.50 bits per heavy atom. The van der Waals surface area contributed by atoms with Gasteiger partial charge in [-0.15, -0.1) is 5.06 Å². The smallest absolute Gasteiger partial charge is 0.258 e. The van der Waals surface area contributed by atoms with Crippen LogP contribution in [-0.2, 0) is 9.63 Å². The molecule has 1 unspecified atom stereocenters. The molecule has 3 atom stereocenters. The lowest BCUT2D eigenvalue weighted by Crippen LogP contribution is -2.73. The second-order valence-electron chi connectivity index (χ2n) is 6.28. The van der Waals surface area contributed by atoms with Crippen molar-refractivity contribution in [2.75, 3.05) is 0 Å². The Morgan fingerprint density at radius 2 is 1.72 bits per heavy atom. The Morgan fingerprint density at radius 1 is 1.06 bits per heavy atom. The van der Waals surface area contributed by atoms with Gasteiger partial charge in [-0.3, -0.25) is 9.63 Å². The summed E-state index contributed by atoms with van der Waals surface area (Å²) in [6.45, 7) is 0. The minimum absolute atomic E-state index is 0.210. The predicted octanol–water partition coefficient (Wildman–Crippen LogP) is 1.03. The Kier molecular flexibility index (Phi) is 2.03. The maximum atomic E-state index is 12.4. The second-order valence-corrected chi connectivity index (χ2v) is 6.28. The van der Waals surface area contributed by atoms with Crippen LogP contribution in [-0.4, -0.2) is 33.1 Å². The van der Waals surface area contributed by atoms with Crippen LogP contribution in [0.4, 0.5) is 0 Å². The maximum Gasteiger partial charge on any atom is 0.258 e. The zero-order chi connectivity index (χ0) is 12.4. The molecule has 2 aliphatic carbocycles. The quantitative estimate of drug-likeness (QED) is 0.632. The van der Waals surface area contributed by atoms with Crippen LogP contribution in [0.3, 0.4) is 0 Å². The summed E-state index contributed by atoms with van der Waals surface area (Å²) in [6, 6.07) is 0. The first-order chi connectivity index (χ1) is 8.63. The van der Waals surface area contributed by atoms with E-state index in [1.807, 2.05) is 5.06 Å². The van der Waals surface area contributed by atoms with Crippen LogP contribution in [0.2, 0.25) is 0 Å². The number of rotatable bonds is 0. The van der Waals surface area contributed by atoms with E-state index in [4.69, 9.17) is 4.84 Å². The van der Waals surface area contributed by atoms with E-state index in [0.29, 0.717) is 6.42 Å². The first-order valence-corrected chi connectivity index (χ1v) is 7.18. The lowest BCUT2D eigenvalue weighted by molar-refractivity contribution is -0.166. The van der Waals surface area contributed by atoms with Crippen LogP contribution < -0.4 is 5.32 Å². The molecule has 2 saturated heterocycles. The summed E-state index contributed by atoms with van der Waals surface area (Å²) in [4.78, 5) is 18.2. The van der Waals surface area contributed by atoms with E-state index in [9.17, 15) is 9.90 Å². The molecule has 2 N–H and O–H groups in total. The van der Waals surface area contributed by atoms with Gasteiger partial charge in [0.2, 0.25) is 5.72 Å². The molecule has 0 aromatic rings. The summed E-state index contributed by atoms with van der Waals surface area (Å²) in [7, 11) is 0. The van der Waals surface area contributed by atoms with E-state index in [1.54, 1.807) is 0 Å². The third-order valence-corrected chi connectivity index (χ3v) is 5.28. The normalized spacial score (nSPS) is 49.2. The third kappa shape index (κ3) is 1.11. The lowest BCUT2D eigenvalue weighted by Gasteiger charge is -2.48. The Hall–Kier alpha value is -0.650. The van der Waals surface area contributed by atoms with Crippen LogP contribution in [0.5, 0.6) is 0 Å². The molecule has 18 heavy (non-hydrogen) atoms. The van der Waals surface area contributed by atoms with Gasteiger partial charge in [0.1, 0.15) is 5.66 Å². The molecule has 2 heterocycles. The van der Waals surface area contributed by atoms with Crippen molar-refractivity contribution >= 4 is 5.91 Å². The summed E-state index contributed by atoms with van der Waals surface area (Å²) in [6.07, 6.45) is 8.57. The zero-order valence-corrected chi connectivity index (χ0v) is 10.6. The molecule has 5 heteroatoms. The van der Waals surface area contributed by atoms with Crippen LogP contribution in [0, 0.1) is 0 Å². The van der Waals surface area contributed by atoms with Gasteiger partial charge in [0.05, 0.1) is 0 Å². The average molecular weight is 252 g/mol. The number of hydroxylamine groups is 2. The highest BCUT2D eigenvalue weighted by Crippen LogP contribution is 2.60. The Bertz CT molecular complexity index is 407. The van der Waals surface area contributed by atoms with Crippen LogP contribution in [0.25, 0.3) is 0 Å². The van der Waals surface area contributed by atoms with Crippen molar-refractivity contribution in [1.82, 2.24) is 10.4 Å². The van der Waals surface area contributed by atoms with Crippen LogP contribution in [0.1, 0.15) is 57.8 Å². The summed E-state index contributed by atoms with van der Waals surface area (Å²) in [5, 5.41) is 15.7. The number of fused-ring (bicyclic) bond motifs is 1. The number of hydrogen-bond acceptors (Lipinski definition) is 4. The first-order valence-electron chi connectivity index (χ1n) is 7.18. The van der Waals surface area contributed by atoms with Gasteiger partial charge in [-0.2, -0.15) is 0 Å². The topological polar surface area (TPSA) is 64.9 Å². The van der Waals surface area contributed by atoms with E-state index >= 15 is 0 Å². The van der Waals surface area contributed by atoms with Gasteiger partial charge in [0.15, 0.2) is 5.60 Å². The average Bonchev–Trinajstić information content (AvgIpc) is 3.11. The number of nitrogens with zero attached hydrogens (tertiary/aromatic N) is 1. The predicted molar refractivity (Wildman–Crippen MR) is 63.0 cm³/mol. The molecule has 0 aromatic carbocycles. The standard InChI is InChI=1S/C13H20N2O3/c16-10-12(17)8-4-5-9-13(12)15(18-13)11(14-10)6-2-1-3-7-11/h17H,1-9H2,(H,14,16)/t12-,13-,15?/m0/s1. The van der Waals surface area contributed by atoms with Crippen molar-refractivity contribution in [2.24, 2.45) is 0 Å². The first kappa shape index (κ1) is 11.2. The number of carbonyl (C=O) groups is 1. The van der Waals surface area contributed by atoms with Gasteiger partial charge in [-0.05, 0) is 51.4 Å². The van der Waals surface area contributed by atoms with Gasteiger partial charge in [0, 0.05) is 0 Å². The molecular formula is C13H20N2O3. The fourth-order valence-electron chi connectivity index (χ4n) is 4.22. The van der Waals surface area contributed by atoms with E-state index in [0.717, 1.165) is 44.9 Å². The SMILES string of the molecule is O=C1NC2(CCCCC2)N2O[C@]23CCCC[C@]13O. The Balaban J connectivity index is 1.72. The molecule has 4 rings (SSSR count). The van der Waals surface area contributed by atoms with Crippen LogP contribution in [0.15, 0.2) is 0 Å². The molecule has 0 radical (unpaired) electrons. The number of aliphatic hydroxyl groups is 1. The molecule has 100 valence electrons. The lowest BCUT2D eigenvalue weighted by atomic mass is 9.73. The molecule has 0 aromatic heterocycles. The van der Waals surface area contributed by atoms with Gasteiger partial charge in [-0.25, -0.2) is 0 Å². The van der Waals surface area contributed by atoms with E-state index < -0.39 is 11.3 Å². The van der Waals surface area contributed by atoms with Gasteiger partial charge in [0.25, 0.3) is 5.91 Å². The molecule has 5 nitrogen and oxygen atoms in total. The summed E-state index contributed by atoms with van der Waals surface area (Å²) in [5.41, 5.74) is -2.36. The van der Waals surface area contributed by atoms with Crippen molar-refractivity contribution < 1.29 is 14.7 Å². The number of hydrogen-bond donors (Lipinski definition) is 2. The van der Waals surface area contributed by atoms with Crippen molar-refractivity contribution in [2.45, 2.75) is 74.8 Å². The van der Waals surface area contributed by atoms with E-state index in [2.05, 4.69) is 5.32 Å². The van der Waals surface area contributed by atoms with Gasteiger partial charge >= 0.3 is 0 Å². The second kappa shape index (κ2) is 3.26. The molecule has 4 aliphatic rings. The highest BCUT2D eigenvalue weighted by Gasteiger charge is 2.80.